The van der Waals surface area contributed by atoms with Gasteiger partial charge in [0.25, 0.3) is 5.91 Å². The smallest absolute Gasteiger partial charge is 0.254 e. The fourth-order valence-electron chi connectivity index (χ4n) is 3.79. The van der Waals surface area contributed by atoms with Gasteiger partial charge in [0.05, 0.1) is 13.2 Å². The Balaban J connectivity index is 1.64. The van der Waals surface area contributed by atoms with Crippen molar-refractivity contribution in [3.63, 3.8) is 0 Å². The molecule has 0 heterocycles. The van der Waals surface area contributed by atoms with Crippen LogP contribution in [0.25, 0.3) is 0 Å². The van der Waals surface area contributed by atoms with Crippen LogP contribution in [0.4, 0.5) is 0 Å². The van der Waals surface area contributed by atoms with E-state index in [0.717, 1.165) is 31.2 Å². The summed E-state index contributed by atoms with van der Waals surface area (Å²) in [4.78, 5) is 14.8. The number of nitrogens with one attached hydrogen (secondary N) is 1. The van der Waals surface area contributed by atoms with Gasteiger partial charge in [-0.3, -0.25) is 4.79 Å². The van der Waals surface area contributed by atoms with Gasteiger partial charge in [-0.1, -0.05) is 24.3 Å². The Labute approximate surface area is 165 Å². The van der Waals surface area contributed by atoms with E-state index >= 15 is 0 Å². The van der Waals surface area contributed by atoms with E-state index in [9.17, 15) is 13.2 Å². The summed E-state index contributed by atoms with van der Waals surface area (Å²) in [5, 5.41) is 0. The molecule has 1 amide bonds. The highest BCUT2D eigenvalue weighted by molar-refractivity contribution is 7.89. The van der Waals surface area contributed by atoms with E-state index in [1.807, 2.05) is 12.1 Å². The molecule has 1 saturated carbocycles. The third kappa shape index (κ3) is 3.52. The third-order valence-corrected chi connectivity index (χ3v) is 7.03. The molecule has 2 aromatic carbocycles. The van der Waals surface area contributed by atoms with E-state index in [-0.39, 0.29) is 28.6 Å². The molecule has 0 spiro atoms. The topological polar surface area (TPSA) is 75.7 Å². The molecule has 0 bridgehead atoms. The van der Waals surface area contributed by atoms with Crippen LogP contribution in [-0.4, -0.2) is 39.4 Å². The summed E-state index contributed by atoms with van der Waals surface area (Å²) >= 11 is 0. The van der Waals surface area contributed by atoms with Crippen LogP contribution in [0, 0.1) is 0 Å². The van der Waals surface area contributed by atoms with Crippen molar-refractivity contribution in [1.82, 2.24) is 9.62 Å². The molecule has 2 aliphatic rings. The minimum Gasteiger partial charge on any atom is -0.495 e. The third-order valence-electron chi connectivity index (χ3n) is 5.49. The van der Waals surface area contributed by atoms with Gasteiger partial charge in [-0.2, -0.15) is 0 Å². The number of amides is 1. The van der Waals surface area contributed by atoms with Crippen molar-refractivity contribution in [2.45, 2.75) is 42.7 Å². The maximum atomic E-state index is 13.1. The van der Waals surface area contributed by atoms with Gasteiger partial charge >= 0.3 is 0 Å². The van der Waals surface area contributed by atoms with Crippen molar-refractivity contribution in [1.29, 1.82) is 0 Å². The average molecular weight is 401 g/mol. The lowest BCUT2D eigenvalue weighted by atomic mass is 10.1. The second kappa shape index (κ2) is 7.22. The predicted molar refractivity (Wildman–Crippen MR) is 106 cm³/mol. The number of methoxy groups -OCH3 is 1. The zero-order chi connectivity index (χ0) is 19.9. The van der Waals surface area contributed by atoms with Crippen LogP contribution in [0.3, 0.4) is 0 Å². The standard InChI is InChI=1S/C21H24N2O4S/c1-23(18-11-7-14-5-3-4-6-17(14)18)21(24)15-8-12-19(27-2)20(13-15)28(25,26)22-16-9-10-16/h3-6,8,12-13,16,18,22H,7,9-11H2,1-2H3. The van der Waals surface area contributed by atoms with Gasteiger partial charge in [0.1, 0.15) is 10.6 Å². The van der Waals surface area contributed by atoms with E-state index < -0.39 is 10.0 Å². The summed E-state index contributed by atoms with van der Waals surface area (Å²) in [6, 6.07) is 12.7. The minimum atomic E-state index is -3.73. The molecule has 1 fully saturated rings. The number of nitrogens with zero attached hydrogens (tertiary/aromatic N) is 1. The van der Waals surface area contributed by atoms with E-state index in [1.165, 1.54) is 18.7 Å². The summed E-state index contributed by atoms with van der Waals surface area (Å²) in [6.45, 7) is 0. The SMILES string of the molecule is COc1ccc(C(=O)N(C)C2CCc3ccccc32)cc1S(=O)(=O)NC1CC1. The molecule has 6 nitrogen and oxygen atoms in total. The highest BCUT2D eigenvalue weighted by Crippen LogP contribution is 2.36. The van der Waals surface area contributed by atoms with Gasteiger partial charge in [-0.25, -0.2) is 13.1 Å². The number of carbonyl (C=O) groups is 1. The number of benzene rings is 2. The monoisotopic (exact) mass is 400 g/mol. The number of rotatable bonds is 6. The lowest BCUT2D eigenvalue weighted by molar-refractivity contribution is 0.0730. The lowest BCUT2D eigenvalue weighted by Crippen LogP contribution is -2.31. The Bertz CT molecular complexity index is 1010. The summed E-state index contributed by atoms with van der Waals surface area (Å²) < 4.78 is 33.3. The first-order valence-electron chi connectivity index (χ1n) is 9.46. The maximum Gasteiger partial charge on any atom is 0.254 e. The van der Waals surface area contributed by atoms with E-state index in [1.54, 1.807) is 24.1 Å². The molecule has 0 aliphatic heterocycles. The first-order valence-corrected chi connectivity index (χ1v) is 10.9. The van der Waals surface area contributed by atoms with Crippen LogP contribution in [0.1, 0.15) is 46.8 Å². The van der Waals surface area contributed by atoms with Crippen LogP contribution < -0.4 is 9.46 Å². The Kier molecular flexibility index (Phi) is 4.89. The molecule has 2 aliphatic carbocycles. The highest BCUT2D eigenvalue weighted by Gasteiger charge is 2.32. The molecule has 7 heteroatoms. The molecule has 28 heavy (non-hydrogen) atoms. The summed E-state index contributed by atoms with van der Waals surface area (Å²) in [5.41, 5.74) is 2.76. The zero-order valence-corrected chi connectivity index (χ0v) is 16.8. The lowest BCUT2D eigenvalue weighted by Gasteiger charge is -2.26. The first-order chi connectivity index (χ1) is 13.4. The van der Waals surface area contributed by atoms with Gasteiger partial charge in [0.15, 0.2) is 0 Å². The normalized spacial score (nSPS) is 18.6. The van der Waals surface area contributed by atoms with Crippen LogP contribution in [0.15, 0.2) is 47.4 Å². The maximum absolute atomic E-state index is 13.1. The molecule has 148 valence electrons. The second-order valence-corrected chi connectivity index (χ2v) is 9.11. The van der Waals surface area contributed by atoms with Gasteiger partial charge in [0, 0.05) is 18.7 Å². The van der Waals surface area contributed by atoms with Gasteiger partial charge < -0.3 is 9.64 Å². The van der Waals surface area contributed by atoms with Crippen LogP contribution in [-0.2, 0) is 16.4 Å². The van der Waals surface area contributed by atoms with Crippen molar-refractivity contribution in [2.24, 2.45) is 0 Å². The molecule has 0 saturated heterocycles. The summed E-state index contributed by atoms with van der Waals surface area (Å²) in [6.07, 6.45) is 3.48. The zero-order valence-electron chi connectivity index (χ0n) is 16.0. The van der Waals surface area contributed by atoms with Gasteiger partial charge in [-0.05, 0) is 55.0 Å². The van der Waals surface area contributed by atoms with Crippen molar-refractivity contribution < 1.29 is 17.9 Å². The Morgan fingerprint density at radius 2 is 1.89 bits per heavy atom. The fourth-order valence-corrected chi connectivity index (χ4v) is 5.29. The van der Waals surface area contributed by atoms with E-state index in [0.29, 0.717) is 5.56 Å². The first kappa shape index (κ1) is 19.0. The molecule has 1 unspecified atom stereocenters. The van der Waals surface area contributed by atoms with E-state index in [2.05, 4.69) is 16.9 Å². The van der Waals surface area contributed by atoms with Gasteiger partial charge in [-0.15, -0.1) is 0 Å². The predicted octanol–water partition coefficient (Wildman–Crippen LogP) is 2.90. The molecule has 4 rings (SSSR count). The number of ether oxygens (including phenoxy) is 1. The molecule has 1 atom stereocenters. The fraction of sp³-hybridized carbons (Fsp3) is 0.381. The number of aryl methyl sites for hydroxylation is 1. The number of sulfonamides is 1. The number of fused-ring (bicyclic) bond motifs is 1. The quantitative estimate of drug-likeness (QED) is 0.809. The Hall–Kier alpha value is -2.38. The van der Waals surface area contributed by atoms with Gasteiger partial charge in [0.2, 0.25) is 10.0 Å². The van der Waals surface area contributed by atoms with Crippen LogP contribution in [0.2, 0.25) is 0 Å². The molecule has 0 aromatic heterocycles. The summed E-state index contributed by atoms with van der Waals surface area (Å²) in [5.74, 6) is 0.0331. The Morgan fingerprint density at radius 3 is 2.61 bits per heavy atom. The van der Waals surface area contributed by atoms with Crippen molar-refractivity contribution in [3.8, 4) is 5.75 Å². The largest absolute Gasteiger partial charge is 0.495 e. The minimum absolute atomic E-state index is 0.00421. The number of hydrogen-bond acceptors (Lipinski definition) is 4. The summed E-state index contributed by atoms with van der Waals surface area (Å²) in [7, 11) is -0.536. The average Bonchev–Trinajstić information content (AvgIpc) is 3.40. The van der Waals surface area contributed by atoms with E-state index in [4.69, 9.17) is 4.74 Å². The molecular formula is C21H24N2O4S. The molecule has 1 N–H and O–H groups in total. The molecule has 0 radical (unpaired) electrons. The van der Waals surface area contributed by atoms with Crippen LogP contribution in [0.5, 0.6) is 5.75 Å². The highest BCUT2D eigenvalue weighted by atomic mass is 32.2. The van der Waals surface area contributed by atoms with Crippen molar-refractivity contribution in [2.75, 3.05) is 14.2 Å². The van der Waals surface area contributed by atoms with Crippen molar-refractivity contribution in [3.05, 3.63) is 59.2 Å². The van der Waals surface area contributed by atoms with Crippen molar-refractivity contribution >= 4 is 15.9 Å². The number of hydrogen-bond donors (Lipinski definition) is 1. The molecule has 2 aromatic rings. The second-order valence-electron chi connectivity index (χ2n) is 7.43. The Morgan fingerprint density at radius 1 is 1.14 bits per heavy atom. The molecular weight excluding hydrogens is 376 g/mol. The number of carbonyl (C=O) groups excluding carboxylic acids is 1. The van der Waals surface area contributed by atoms with Crippen LogP contribution >= 0.6 is 0 Å².